The molecule has 1 heterocycles. The maximum Gasteiger partial charge on any atom is 0.123 e. The van der Waals surface area contributed by atoms with Gasteiger partial charge in [-0.25, -0.2) is 0 Å². The average Bonchev–Trinajstić information content (AvgIpc) is 2.69. The number of benzene rings is 2. The summed E-state index contributed by atoms with van der Waals surface area (Å²) in [5.41, 5.74) is 4.12. The lowest BCUT2D eigenvalue weighted by atomic mass is 9.77. The zero-order valence-corrected chi connectivity index (χ0v) is 19.6. The summed E-state index contributed by atoms with van der Waals surface area (Å²) in [4.78, 5) is 2.48. The molecule has 1 unspecified atom stereocenters. The Morgan fingerprint density at radius 3 is 1.80 bits per heavy atom. The number of ether oxygens (including phenoxy) is 2. The van der Waals surface area contributed by atoms with Crippen molar-refractivity contribution in [3.05, 3.63) is 58.7 Å². The second kappa shape index (κ2) is 8.60. The van der Waals surface area contributed by atoms with Crippen molar-refractivity contribution in [2.75, 3.05) is 33.4 Å². The number of rotatable bonds is 4. The van der Waals surface area contributed by atoms with Crippen LogP contribution in [0.25, 0.3) is 0 Å². The van der Waals surface area contributed by atoms with Crippen LogP contribution in [0, 0.1) is 0 Å². The average molecular weight is 412 g/mol. The van der Waals surface area contributed by atoms with Gasteiger partial charge < -0.3 is 14.6 Å². The number of phenolic OH excluding ortho intramolecular Hbond substituents is 1. The van der Waals surface area contributed by atoms with Crippen molar-refractivity contribution < 1.29 is 14.6 Å². The van der Waals surface area contributed by atoms with Crippen LogP contribution in [0.15, 0.2) is 36.4 Å². The Hall–Kier alpha value is -2.04. The van der Waals surface area contributed by atoms with Crippen LogP contribution in [0.4, 0.5) is 0 Å². The van der Waals surface area contributed by atoms with E-state index in [2.05, 4.69) is 70.7 Å². The van der Waals surface area contributed by atoms with Crippen molar-refractivity contribution in [3.63, 3.8) is 0 Å². The van der Waals surface area contributed by atoms with Gasteiger partial charge in [0.25, 0.3) is 0 Å². The molecule has 2 aromatic carbocycles. The van der Waals surface area contributed by atoms with Crippen LogP contribution >= 0.6 is 0 Å². The van der Waals surface area contributed by atoms with Gasteiger partial charge in [-0.05, 0) is 57.3 Å². The molecule has 1 fully saturated rings. The minimum atomic E-state index is -0.157. The summed E-state index contributed by atoms with van der Waals surface area (Å²) in [6, 6.07) is 12.9. The highest BCUT2D eigenvalue weighted by atomic mass is 16.5. The predicted octanol–water partition coefficient (Wildman–Crippen LogP) is 5.42. The zero-order valence-electron chi connectivity index (χ0n) is 19.6. The Kier molecular flexibility index (Phi) is 6.49. The van der Waals surface area contributed by atoms with Crippen LogP contribution in [0.1, 0.15) is 69.8 Å². The Bertz CT molecular complexity index is 818. The van der Waals surface area contributed by atoms with Gasteiger partial charge in [0.05, 0.1) is 26.4 Å². The van der Waals surface area contributed by atoms with Gasteiger partial charge in [0.2, 0.25) is 0 Å². The van der Waals surface area contributed by atoms with E-state index in [4.69, 9.17) is 9.47 Å². The first-order chi connectivity index (χ1) is 14.0. The first kappa shape index (κ1) is 22.6. The third-order valence-electron chi connectivity index (χ3n) is 5.91. The first-order valence-electron chi connectivity index (χ1n) is 10.9. The summed E-state index contributed by atoms with van der Waals surface area (Å²) in [6.45, 7) is 16.2. The summed E-state index contributed by atoms with van der Waals surface area (Å²) in [5, 5.41) is 11.2. The Balaban J connectivity index is 2.21. The summed E-state index contributed by atoms with van der Waals surface area (Å²) in [6.07, 6.45) is 0. The zero-order chi connectivity index (χ0) is 22.1. The summed E-state index contributed by atoms with van der Waals surface area (Å²) < 4.78 is 11.0. The molecule has 1 saturated heterocycles. The van der Waals surface area contributed by atoms with E-state index in [1.165, 1.54) is 11.1 Å². The third kappa shape index (κ3) is 4.81. The molecule has 0 bridgehead atoms. The molecule has 1 aliphatic heterocycles. The van der Waals surface area contributed by atoms with Crippen molar-refractivity contribution >= 4 is 0 Å². The van der Waals surface area contributed by atoms with E-state index in [-0.39, 0.29) is 16.9 Å². The Labute approximate surface area is 181 Å². The first-order valence-corrected chi connectivity index (χ1v) is 10.9. The second-order valence-electron chi connectivity index (χ2n) is 10.3. The number of nitrogens with zero attached hydrogens (tertiary/aromatic N) is 1. The van der Waals surface area contributed by atoms with E-state index in [0.29, 0.717) is 5.75 Å². The molecule has 0 saturated carbocycles. The van der Waals surface area contributed by atoms with Gasteiger partial charge in [-0.3, -0.25) is 4.90 Å². The molecule has 164 valence electrons. The molecule has 2 aromatic rings. The quantitative estimate of drug-likeness (QED) is 0.730. The lowest BCUT2D eigenvalue weighted by Crippen LogP contribution is -2.39. The molecule has 30 heavy (non-hydrogen) atoms. The number of phenols is 1. The molecular formula is C26H37NO3. The predicted molar refractivity (Wildman–Crippen MR) is 123 cm³/mol. The third-order valence-corrected chi connectivity index (χ3v) is 5.91. The largest absolute Gasteiger partial charge is 0.507 e. The van der Waals surface area contributed by atoms with Crippen molar-refractivity contribution in [1.29, 1.82) is 0 Å². The molecule has 0 aliphatic carbocycles. The Morgan fingerprint density at radius 1 is 0.867 bits per heavy atom. The molecule has 0 amide bonds. The summed E-state index contributed by atoms with van der Waals surface area (Å²) in [7, 11) is 1.69. The summed E-state index contributed by atoms with van der Waals surface area (Å²) in [5.74, 6) is 1.28. The minimum Gasteiger partial charge on any atom is -0.507 e. The van der Waals surface area contributed by atoms with E-state index in [0.717, 1.165) is 43.2 Å². The molecule has 3 rings (SSSR count). The fourth-order valence-corrected chi connectivity index (χ4v) is 4.19. The minimum absolute atomic E-state index is 0.0996. The molecule has 1 atom stereocenters. The highest BCUT2D eigenvalue weighted by Gasteiger charge is 2.31. The van der Waals surface area contributed by atoms with E-state index < -0.39 is 0 Å². The fraction of sp³-hybridized carbons (Fsp3) is 0.538. The van der Waals surface area contributed by atoms with Crippen molar-refractivity contribution in [2.24, 2.45) is 0 Å². The van der Waals surface area contributed by atoms with Crippen LogP contribution in [-0.2, 0) is 15.6 Å². The smallest absolute Gasteiger partial charge is 0.123 e. The van der Waals surface area contributed by atoms with Crippen LogP contribution in [0.2, 0.25) is 0 Å². The van der Waals surface area contributed by atoms with Gasteiger partial charge in [-0.15, -0.1) is 0 Å². The van der Waals surface area contributed by atoms with Crippen LogP contribution in [0.5, 0.6) is 11.5 Å². The van der Waals surface area contributed by atoms with Crippen LogP contribution < -0.4 is 4.74 Å². The van der Waals surface area contributed by atoms with Crippen LogP contribution in [0.3, 0.4) is 0 Å². The van der Waals surface area contributed by atoms with Gasteiger partial charge in [0, 0.05) is 13.1 Å². The maximum absolute atomic E-state index is 11.2. The van der Waals surface area contributed by atoms with Crippen molar-refractivity contribution in [3.8, 4) is 11.5 Å². The molecule has 1 aliphatic rings. The van der Waals surface area contributed by atoms with Gasteiger partial charge in [0.1, 0.15) is 11.5 Å². The molecule has 4 nitrogen and oxygen atoms in total. The highest BCUT2D eigenvalue weighted by Crippen LogP contribution is 2.43. The number of hydrogen-bond donors (Lipinski definition) is 1. The highest BCUT2D eigenvalue weighted by molar-refractivity contribution is 5.52. The topological polar surface area (TPSA) is 41.9 Å². The molecular weight excluding hydrogens is 374 g/mol. The van der Waals surface area contributed by atoms with E-state index >= 15 is 0 Å². The van der Waals surface area contributed by atoms with Gasteiger partial charge in [-0.1, -0.05) is 53.7 Å². The standard InChI is InChI=1S/C26H37NO3/c1-25(2,3)21-16-19(17-22(24(21)28)26(4,5)6)23(27-12-14-30-15-13-27)18-8-10-20(29-7)11-9-18/h8-11,16-17,23,28H,12-15H2,1-7H3. The molecule has 4 heteroatoms. The fourth-order valence-electron chi connectivity index (χ4n) is 4.19. The van der Waals surface area contributed by atoms with E-state index in [1.54, 1.807) is 7.11 Å². The normalized spacial score (nSPS) is 17.0. The van der Waals surface area contributed by atoms with Gasteiger partial charge in [-0.2, -0.15) is 0 Å². The number of aromatic hydroxyl groups is 1. The van der Waals surface area contributed by atoms with Gasteiger partial charge in [0.15, 0.2) is 0 Å². The number of morpholine rings is 1. The van der Waals surface area contributed by atoms with Crippen LogP contribution in [-0.4, -0.2) is 43.4 Å². The lowest BCUT2D eigenvalue weighted by Gasteiger charge is -2.37. The Morgan fingerprint density at radius 2 is 1.37 bits per heavy atom. The van der Waals surface area contributed by atoms with E-state index in [1.807, 2.05) is 12.1 Å². The lowest BCUT2D eigenvalue weighted by molar-refractivity contribution is 0.0239. The molecule has 0 spiro atoms. The number of hydrogen-bond acceptors (Lipinski definition) is 4. The summed E-state index contributed by atoms with van der Waals surface area (Å²) >= 11 is 0. The second-order valence-corrected chi connectivity index (χ2v) is 10.3. The van der Waals surface area contributed by atoms with Crippen molar-refractivity contribution in [1.82, 2.24) is 4.90 Å². The van der Waals surface area contributed by atoms with E-state index in [9.17, 15) is 5.11 Å². The van der Waals surface area contributed by atoms with Crippen molar-refractivity contribution in [2.45, 2.75) is 58.4 Å². The molecule has 1 N–H and O–H groups in total. The SMILES string of the molecule is COc1ccc(C(c2cc(C(C)(C)C)c(O)c(C(C)(C)C)c2)N2CCOCC2)cc1. The molecule has 0 aromatic heterocycles. The molecule has 0 radical (unpaired) electrons. The monoisotopic (exact) mass is 411 g/mol. The number of methoxy groups -OCH3 is 1. The maximum atomic E-state index is 11.2. The van der Waals surface area contributed by atoms with Gasteiger partial charge >= 0.3 is 0 Å².